The summed E-state index contributed by atoms with van der Waals surface area (Å²) in [6.45, 7) is 0. The molecule has 0 aromatic carbocycles. The van der Waals surface area contributed by atoms with Crippen LogP contribution in [0.4, 0.5) is 0 Å². The van der Waals surface area contributed by atoms with Crippen molar-refractivity contribution in [3.05, 3.63) is 48.3 Å². The molecule has 0 heterocycles. The predicted octanol–water partition coefficient (Wildman–Crippen LogP) is 2.20. The molecule has 0 amide bonds. The van der Waals surface area contributed by atoms with Crippen LogP contribution >= 0.6 is 0 Å². The van der Waals surface area contributed by atoms with Crippen LogP contribution in [0.15, 0.2) is 48.3 Å². The highest BCUT2D eigenvalue weighted by molar-refractivity contribution is 5.27. The zero-order valence-electron chi connectivity index (χ0n) is 5.95. The van der Waals surface area contributed by atoms with Gasteiger partial charge in [-0.1, -0.05) is 30.4 Å². The Labute approximate surface area is 61.0 Å². The van der Waals surface area contributed by atoms with Crippen molar-refractivity contribution in [3.63, 3.8) is 0 Å². The SMILES string of the molecule is COC1=C/C=C\C=C/C=C\1. The van der Waals surface area contributed by atoms with E-state index in [1.165, 1.54) is 0 Å². The summed E-state index contributed by atoms with van der Waals surface area (Å²) >= 11 is 0. The summed E-state index contributed by atoms with van der Waals surface area (Å²) in [4.78, 5) is 0. The fraction of sp³-hybridized carbons (Fsp3) is 0.111. The first kappa shape index (κ1) is 6.87. The van der Waals surface area contributed by atoms with Crippen molar-refractivity contribution in [1.29, 1.82) is 0 Å². The highest BCUT2D eigenvalue weighted by atomic mass is 16.5. The third-order valence-corrected chi connectivity index (χ3v) is 1.20. The molecular weight excluding hydrogens is 124 g/mol. The molecule has 52 valence electrons. The van der Waals surface area contributed by atoms with E-state index >= 15 is 0 Å². The summed E-state index contributed by atoms with van der Waals surface area (Å²) < 4.78 is 5.02. The Morgan fingerprint density at radius 1 is 1.00 bits per heavy atom. The lowest BCUT2D eigenvalue weighted by atomic mass is 10.3. The van der Waals surface area contributed by atoms with E-state index in [0.717, 1.165) is 5.76 Å². The fourth-order valence-corrected chi connectivity index (χ4v) is 0.685. The van der Waals surface area contributed by atoms with Gasteiger partial charge in [-0.25, -0.2) is 0 Å². The van der Waals surface area contributed by atoms with Crippen LogP contribution in [0.1, 0.15) is 0 Å². The zero-order valence-corrected chi connectivity index (χ0v) is 5.95. The Morgan fingerprint density at radius 2 is 1.70 bits per heavy atom. The molecule has 1 rings (SSSR count). The lowest BCUT2D eigenvalue weighted by Crippen LogP contribution is -1.80. The van der Waals surface area contributed by atoms with E-state index in [1.54, 1.807) is 7.11 Å². The molecule has 0 aromatic heterocycles. The lowest BCUT2D eigenvalue weighted by Gasteiger charge is -1.97. The first-order valence-electron chi connectivity index (χ1n) is 3.19. The molecule has 0 aromatic rings. The number of hydrogen-bond donors (Lipinski definition) is 0. The maximum Gasteiger partial charge on any atom is 0.118 e. The molecule has 1 aliphatic rings. The van der Waals surface area contributed by atoms with Gasteiger partial charge in [0.05, 0.1) is 7.11 Å². The van der Waals surface area contributed by atoms with E-state index in [-0.39, 0.29) is 0 Å². The summed E-state index contributed by atoms with van der Waals surface area (Å²) in [5, 5.41) is 0. The van der Waals surface area contributed by atoms with Gasteiger partial charge in [-0.05, 0) is 12.2 Å². The molecule has 0 N–H and O–H groups in total. The molecule has 0 spiro atoms. The van der Waals surface area contributed by atoms with Gasteiger partial charge in [-0.3, -0.25) is 0 Å². The van der Waals surface area contributed by atoms with Gasteiger partial charge in [-0.2, -0.15) is 0 Å². The van der Waals surface area contributed by atoms with Crippen LogP contribution in [0, 0.1) is 0 Å². The van der Waals surface area contributed by atoms with Crippen LogP contribution in [0.3, 0.4) is 0 Å². The molecule has 0 radical (unpaired) electrons. The van der Waals surface area contributed by atoms with Gasteiger partial charge in [0.2, 0.25) is 0 Å². The second kappa shape index (κ2) is 3.72. The number of allylic oxidation sites excluding steroid dienone is 7. The Kier molecular flexibility index (Phi) is 2.56. The minimum absolute atomic E-state index is 0.876. The Hall–Kier alpha value is -1.24. The lowest BCUT2D eigenvalue weighted by molar-refractivity contribution is 0.307. The molecule has 0 fully saturated rings. The van der Waals surface area contributed by atoms with Gasteiger partial charge in [0.1, 0.15) is 5.76 Å². The molecule has 10 heavy (non-hydrogen) atoms. The highest BCUT2D eigenvalue weighted by Gasteiger charge is 1.84. The fourth-order valence-electron chi connectivity index (χ4n) is 0.685. The molecule has 1 heteroatoms. The summed E-state index contributed by atoms with van der Waals surface area (Å²) in [6, 6.07) is 0. The van der Waals surface area contributed by atoms with E-state index < -0.39 is 0 Å². The standard InChI is InChI=1S/C9H10O/c1-10-9-7-5-3-2-4-6-8-9/h2-8H,1H3/b3-2-,4-2?,5-3?,6-4-,7-5-,8-6?,9-7?,9-8+. The molecule has 1 aliphatic carbocycles. The van der Waals surface area contributed by atoms with Gasteiger partial charge in [0.25, 0.3) is 0 Å². The molecule has 1 nitrogen and oxygen atoms in total. The van der Waals surface area contributed by atoms with Crippen molar-refractivity contribution in [2.45, 2.75) is 0 Å². The monoisotopic (exact) mass is 134 g/mol. The average molecular weight is 134 g/mol. The second-order valence-corrected chi connectivity index (χ2v) is 1.90. The predicted molar refractivity (Wildman–Crippen MR) is 42.5 cm³/mol. The molecule has 0 aliphatic heterocycles. The largest absolute Gasteiger partial charge is 0.497 e. The summed E-state index contributed by atoms with van der Waals surface area (Å²) in [7, 11) is 1.66. The van der Waals surface area contributed by atoms with Crippen LogP contribution in [0.5, 0.6) is 0 Å². The van der Waals surface area contributed by atoms with Crippen molar-refractivity contribution >= 4 is 0 Å². The quantitative estimate of drug-likeness (QED) is 0.534. The van der Waals surface area contributed by atoms with Crippen LogP contribution in [-0.2, 0) is 4.74 Å². The molecule has 0 saturated heterocycles. The Morgan fingerprint density at radius 3 is 2.50 bits per heavy atom. The molecule has 0 saturated carbocycles. The maximum atomic E-state index is 5.02. The minimum Gasteiger partial charge on any atom is -0.497 e. The number of ether oxygens (including phenoxy) is 1. The van der Waals surface area contributed by atoms with E-state index in [1.807, 2.05) is 42.5 Å². The average Bonchev–Trinajstić information content (AvgIpc) is 1.87. The number of rotatable bonds is 1. The minimum atomic E-state index is 0.876. The summed E-state index contributed by atoms with van der Waals surface area (Å²) in [6.07, 6.45) is 13.6. The van der Waals surface area contributed by atoms with Crippen LogP contribution in [-0.4, -0.2) is 7.11 Å². The summed E-state index contributed by atoms with van der Waals surface area (Å²) in [5.41, 5.74) is 0. The van der Waals surface area contributed by atoms with Crippen LogP contribution in [0.2, 0.25) is 0 Å². The van der Waals surface area contributed by atoms with Gasteiger partial charge >= 0.3 is 0 Å². The number of methoxy groups -OCH3 is 1. The maximum absolute atomic E-state index is 5.02. The highest BCUT2D eigenvalue weighted by Crippen LogP contribution is 2.00. The Bertz CT molecular complexity index is 207. The van der Waals surface area contributed by atoms with Crippen molar-refractivity contribution < 1.29 is 4.74 Å². The van der Waals surface area contributed by atoms with E-state index in [4.69, 9.17) is 4.74 Å². The topological polar surface area (TPSA) is 9.23 Å². The van der Waals surface area contributed by atoms with Crippen molar-refractivity contribution in [2.75, 3.05) is 7.11 Å². The first-order valence-corrected chi connectivity index (χ1v) is 3.19. The van der Waals surface area contributed by atoms with Crippen LogP contribution in [0.25, 0.3) is 0 Å². The second-order valence-electron chi connectivity index (χ2n) is 1.90. The zero-order chi connectivity index (χ0) is 7.23. The normalized spacial score (nSPS) is 30.7. The van der Waals surface area contributed by atoms with Gasteiger partial charge in [0.15, 0.2) is 0 Å². The van der Waals surface area contributed by atoms with Gasteiger partial charge in [0, 0.05) is 0 Å². The third kappa shape index (κ3) is 1.94. The number of hydrogen-bond acceptors (Lipinski definition) is 1. The smallest absolute Gasteiger partial charge is 0.118 e. The molecule has 0 atom stereocenters. The van der Waals surface area contributed by atoms with Gasteiger partial charge < -0.3 is 4.74 Å². The van der Waals surface area contributed by atoms with E-state index in [2.05, 4.69) is 0 Å². The van der Waals surface area contributed by atoms with Crippen molar-refractivity contribution in [2.24, 2.45) is 0 Å². The molecule has 0 bridgehead atoms. The van der Waals surface area contributed by atoms with Crippen LogP contribution < -0.4 is 0 Å². The van der Waals surface area contributed by atoms with E-state index in [9.17, 15) is 0 Å². The Balaban J connectivity index is 2.73. The van der Waals surface area contributed by atoms with Crippen molar-refractivity contribution in [3.8, 4) is 0 Å². The van der Waals surface area contributed by atoms with E-state index in [0.29, 0.717) is 0 Å². The van der Waals surface area contributed by atoms with Gasteiger partial charge in [-0.15, -0.1) is 0 Å². The first-order chi connectivity index (χ1) is 4.93. The molecular formula is C9H10O. The molecule has 0 unspecified atom stereocenters. The summed E-state index contributed by atoms with van der Waals surface area (Å²) in [5.74, 6) is 0.876. The third-order valence-electron chi connectivity index (χ3n) is 1.20. The van der Waals surface area contributed by atoms with Crippen molar-refractivity contribution in [1.82, 2.24) is 0 Å².